The Bertz CT molecular complexity index is 822. The van der Waals surface area contributed by atoms with Gasteiger partial charge in [0.25, 0.3) is 5.91 Å². The second kappa shape index (κ2) is 6.75. The second-order valence-electron chi connectivity index (χ2n) is 5.99. The molecule has 0 unspecified atom stereocenters. The van der Waals surface area contributed by atoms with Gasteiger partial charge in [0, 0.05) is 24.2 Å². The molecule has 5 nitrogen and oxygen atoms in total. The SMILES string of the molecule is O=C(c1cnn2ccccc12)N(Cc1cccs1)C[C@H]1CCCO1. The quantitative estimate of drug-likeness (QED) is 0.716. The summed E-state index contributed by atoms with van der Waals surface area (Å²) in [5, 5.41) is 6.33. The Kier molecular flexibility index (Phi) is 4.32. The Morgan fingerprint density at radius 3 is 3.12 bits per heavy atom. The van der Waals surface area contributed by atoms with Crippen molar-refractivity contribution >= 4 is 22.8 Å². The fraction of sp³-hybridized carbons (Fsp3) is 0.333. The van der Waals surface area contributed by atoms with Crippen LogP contribution in [0.25, 0.3) is 5.52 Å². The van der Waals surface area contributed by atoms with Gasteiger partial charge in [-0.05, 0) is 36.4 Å². The van der Waals surface area contributed by atoms with E-state index in [2.05, 4.69) is 11.2 Å². The maximum Gasteiger partial charge on any atom is 0.258 e. The number of aromatic nitrogens is 2. The summed E-state index contributed by atoms with van der Waals surface area (Å²) in [7, 11) is 0. The summed E-state index contributed by atoms with van der Waals surface area (Å²) in [5.41, 5.74) is 1.48. The van der Waals surface area contributed by atoms with Gasteiger partial charge < -0.3 is 9.64 Å². The predicted octanol–water partition coefficient (Wildman–Crippen LogP) is 3.22. The maximum absolute atomic E-state index is 13.2. The van der Waals surface area contributed by atoms with Gasteiger partial charge in [0.15, 0.2) is 0 Å². The summed E-state index contributed by atoms with van der Waals surface area (Å²) >= 11 is 1.67. The molecule has 6 heteroatoms. The van der Waals surface area contributed by atoms with Crippen molar-refractivity contribution in [3.8, 4) is 0 Å². The Morgan fingerprint density at radius 1 is 1.38 bits per heavy atom. The molecule has 1 atom stereocenters. The fourth-order valence-electron chi connectivity index (χ4n) is 3.11. The van der Waals surface area contributed by atoms with E-state index in [0.29, 0.717) is 18.7 Å². The Balaban J connectivity index is 1.62. The highest BCUT2D eigenvalue weighted by Crippen LogP contribution is 2.20. The molecule has 0 bridgehead atoms. The molecular weight excluding hydrogens is 322 g/mol. The van der Waals surface area contributed by atoms with Gasteiger partial charge in [-0.1, -0.05) is 12.1 Å². The van der Waals surface area contributed by atoms with Crippen molar-refractivity contribution in [2.45, 2.75) is 25.5 Å². The van der Waals surface area contributed by atoms with Crippen LogP contribution in [-0.2, 0) is 11.3 Å². The van der Waals surface area contributed by atoms with E-state index in [1.165, 1.54) is 4.88 Å². The number of hydrogen-bond donors (Lipinski definition) is 0. The van der Waals surface area contributed by atoms with Gasteiger partial charge in [-0.25, -0.2) is 4.52 Å². The van der Waals surface area contributed by atoms with Crippen LogP contribution in [0.15, 0.2) is 48.1 Å². The number of thiophene rings is 1. The molecule has 0 radical (unpaired) electrons. The summed E-state index contributed by atoms with van der Waals surface area (Å²) in [6.07, 6.45) is 5.74. The highest BCUT2D eigenvalue weighted by molar-refractivity contribution is 7.09. The lowest BCUT2D eigenvalue weighted by molar-refractivity contribution is 0.0511. The number of carbonyl (C=O) groups excluding carboxylic acids is 1. The van der Waals surface area contributed by atoms with Crippen molar-refractivity contribution in [3.63, 3.8) is 0 Å². The zero-order valence-electron chi connectivity index (χ0n) is 13.3. The van der Waals surface area contributed by atoms with E-state index in [-0.39, 0.29) is 12.0 Å². The van der Waals surface area contributed by atoms with Gasteiger partial charge in [-0.2, -0.15) is 5.10 Å². The van der Waals surface area contributed by atoms with Crippen molar-refractivity contribution in [2.75, 3.05) is 13.2 Å². The van der Waals surface area contributed by atoms with Crippen LogP contribution >= 0.6 is 11.3 Å². The van der Waals surface area contributed by atoms with Crippen LogP contribution in [0.1, 0.15) is 28.1 Å². The van der Waals surface area contributed by atoms with E-state index in [9.17, 15) is 4.79 Å². The number of nitrogens with zero attached hydrogens (tertiary/aromatic N) is 3. The van der Waals surface area contributed by atoms with Gasteiger partial charge in [0.1, 0.15) is 0 Å². The topological polar surface area (TPSA) is 46.8 Å². The van der Waals surface area contributed by atoms with Gasteiger partial charge >= 0.3 is 0 Å². The molecule has 4 rings (SSSR count). The lowest BCUT2D eigenvalue weighted by Gasteiger charge is -2.24. The van der Waals surface area contributed by atoms with Gasteiger partial charge in [-0.15, -0.1) is 11.3 Å². The van der Waals surface area contributed by atoms with E-state index in [4.69, 9.17) is 4.74 Å². The number of amides is 1. The first-order chi connectivity index (χ1) is 11.8. The second-order valence-corrected chi connectivity index (χ2v) is 7.02. The molecule has 3 aromatic rings. The number of rotatable bonds is 5. The lowest BCUT2D eigenvalue weighted by atomic mass is 10.2. The van der Waals surface area contributed by atoms with E-state index in [0.717, 1.165) is 25.0 Å². The van der Waals surface area contributed by atoms with Gasteiger partial charge in [0.2, 0.25) is 0 Å². The summed E-state index contributed by atoms with van der Waals surface area (Å²) in [6, 6.07) is 9.84. The van der Waals surface area contributed by atoms with E-state index >= 15 is 0 Å². The molecule has 0 aliphatic carbocycles. The molecule has 1 saturated heterocycles. The first-order valence-corrected chi connectivity index (χ1v) is 9.05. The molecule has 4 heterocycles. The Hall–Kier alpha value is -2.18. The molecule has 124 valence electrons. The molecular formula is C18H19N3O2S. The average molecular weight is 341 g/mol. The van der Waals surface area contributed by atoms with Crippen molar-refractivity contribution in [2.24, 2.45) is 0 Å². The predicted molar refractivity (Wildman–Crippen MR) is 93.2 cm³/mol. The molecule has 1 aliphatic heterocycles. The lowest BCUT2D eigenvalue weighted by Crippen LogP contribution is -2.36. The molecule has 3 aromatic heterocycles. The van der Waals surface area contributed by atoms with Crippen molar-refractivity contribution < 1.29 is 9.53 Å². The van der Waals surface area contributed by atoms with Crippen LogP contribution in [0, 0.1) is 0 Å². The monoisotopic (exact) mass is 341 g/mol. The summed E-state index contributed by atoms with van der Waals surface area (Å²) in [6.45, 7) is 2.03. The third-order valence-corrected chi connectivity index (χ3v) is 5.18. The van der Waals surface area contributed by atoms with Crippen molar-refractivity contribution in [1.29, 1.82) is 0 Å². The molecule has 1 amide bonds. The molecule has 1 fully saturated rings. The zero-order chi connectivity index (χ0) is 16.4. The highest BCUT2D eigenvalue weighted by atomic mass is 32.1. The van der Waals surface area contributed by atoms with E-state index < -0.39 is 0 Å². The summed E-state index contributed by atoms with van der Waals surface area (Å²) < 4.78 is 7.49. The zero-order valence-corrected chi connectivity index (χ0v) is 14.1. The minimum atomic E-state index is 0.0140. The molecule has 0 saturated carbocycles. The smallest absolute Gasteiger partial charge is 0.258 e. The number of pyridine rings is 1. The standard InChI is InChI=1S/C18H19N3O2S/c22-18(16-11-19-21-8-2-1-7-17(16)21)20(12-14-5-3-9-23-14)13-15-6-4-10-24-15/h1-2,4,6-8,10-11,14H,3,5,9,12-13H2/t14-/m1/s1. The molecule has 0 spiro atoms. The van der Waals surface area contributed by atoms with E-state index in [1.807, 2.05) is 40.7 Å². The van der Waals surface area contributed by atoms with Crippen LogP contribution in [0.5, 0.6) is 0 Å². The Morgan fingerprint density at radius 2 is 2.33 bits per heavy atom. The maximum atomic E-state index is 13.2. The molecule has 0 N–H and O–H groups in total. The molecule has 0 aromatic carbocycles. The first kappa shape index (κ1) is 15.4. The van der Waals surface area contributed by atoms with Gasteiger partial charge in [0.05, 0.1) is 29.9 Å². The summed E-state index contributed by atoms with van der Waals surface area (Å²) in [5.74, 6) is 0.0140. The fourth-order valence-corrected chi connectivity index (χ4v) is 3.83. The van der Waals surface area contributed by atoms with Crippen molar-refractivity contribution in [1.82, 2.24) is 14.5 Å². The highest BCUT2D eigenvalue weighted by Gasteiger charge is 2.25. The van der Waals surface area contributed by atoms with Crippen LogP contribution in [0.3, 0.4) is 0 Å². The van der Waals surface area contributed by atoms with Crippen LogP contribution in [0.4, 0.5) is 0 Å². The Labute approximate surface area is 144 Å². The third-order valence-electron chi connectivity index (χ3n) is 4.32. The number of fused-ring (bicyclic) bond motifs is 1. The molecule has 24 heavy (non-hydrogen) atoms. The molecule has 1 aliphatic rings. The summed E-state index contributed by atoms with van der Waals surface area (Å²) in [4.78, 5) is 16.2. The number of ether oxygens (including phenoxy) is 1. The van der Waals surface area contributed by atoms with Crippen LogP contribution < -0.4 is 0 Å². The number of carbonyl (C=O) groups is 1. The number of hydrogen-bond acceptors (Lipinski definition) is 4. The normalized spacial score (nSPS) is 17.4. The minimum absolute atomic E-state index is 0.0140. The van der Waals surface area contributed by atoms with Crippen molar-refractivity contribution in [3.05, 3.63) is 58.5 Å². The first-order valence-electron chi connectivity index (χ1n) is 8.17. The van der Waals surface area contributed by atoms with Gasteiger partial charge in [-0.3, -0.25) is 4.79 Å². The van der Waals surface area contributed by atoms with E-state index in [1.54, 1.807) is 22.0 Å². The minimum Gasteiger partial charge on any atom is -0.376 e. The van der Waals surface area contributed by atoms with Crippen LogP contribution in [-0.4, -0.2) is 39.7 Å². The average Bonchev–Trinajstić information content (AvgIpc) is 3.35. The van der Waals surface area contributed by atoms with Crippen LogP contribution in [0.2, 0.25) is 0 Å². The third kappa shape index (κ3) is 3.07. The largest absolute Gasteiger partial charge is 0.376 e.